The molecule has 0 spiro atoms. The number of carboxylic acid groups (broad SMARTS) is 1. The van der Waals surface area contributed by atoms with Gasteiger partial charge in [0.05, 0.1) is 12.1 Å². The first-order chi connectivity index (χ1) is 6.89. The third kappa shape index (κ3) is 2.18. The SMILES string of the molecule is COc1cc(C(F)(F)C(=O)O)ccc1Cl. The molecule has 0 aliphatic heterocycles. The van der Waals surface area contributed by atoms with Crippen molar-refractivity contribution in [3.05, 3.63) is 28.8 Å². The summed E-state index contributed by atoms with van der Waals surface area (Å²) in [4.78, 5) is 10.3. The molecule has 15 heavy (non-hydrogen) atoms. The highest BCUT2D eigenvalue weighted by Crippen LogP contribution is 2.33. The molecule has 0 aromatic heterocycles. The molecule has 1 aromatic rings. The predicted molar refractivity (Wildman–Crippen MR) is 49.5 cm³/mol. The van der Waals surface area contributed by atoms with Crippen LogP contribution in [-0.4, -0.2) is 18.2 Å². The van der Waals surface area contributed by atoms with Gasteiger partial charge in [-0.25, -0.2) is 4.79 Å². The third-order valence-corrected chi connectivity index (χ3v) is 2.09. The fraction of sp³-hybridized carbons (Fsp3) is 0.222. The molecule has 0 amide bonds. The summed E-state index contributed by atoms with van der Waals surface area (Å²) in [5.74, 6) is -6.15. The van der Waals surface area contributed by atoms with Crippen LogP contribution in [0.4, 0.5) is 8.78 Å². The number of carbonyl (C=O) groups is 1. The number of aliphatic carboxylic acids is 1. The van der Waals surface area contributed by atoms with Gasteiger partial charge in [0.25, 0.3) is 0 Å². The van der Waals surface area contributed by atoms with E-state index in [1.165, 1.54) is 7.11 Å². The van der Waals surface area contributed by atoms with Gasteiger partial charge in [0, 0.05) is 5.56 Å². The summed E-state index contributed by atoms with van der Waals surface area (Å²) in [6, 6.07) is 3.00. The van der Waals surface area contributed by atoms with E-state index in [9.17, 15) is 13.6 Å². The number of halogens is 3. The van der Waals surface area contributed by atoms with Gasteiger partial charge in [-0.05, 0) is 12.1 Å². The summed E-state index contributed by atoms with van der Waals surface area (Å²) in [6.45, 7) is 0. The van der Waals surface area contributed by atoms with Crippen LogP contribution in [0.25, 0.3) is 0 Å². The molecule has 3 nitrogen and oxygen atoms in total. The normalized spacial score (nSPS) is 11.2. The molecule has 1 rings (SSSR count). The molecule has 0 heterocycles. The van der Waals surface area contributed by atoms with Gasteiger partial charge in [0.2, 0.25) is 0 Å². The Morgan fingerprint density at radius 3 is 2.60 bits per heavy atom. The van der Waals surface area contributed by atoms with Crippen LogP contribution in [0.3, 0.4) is 0 Å². The monoisotopic (exact) mass is 236 g/mol. The minimum absolute atomic E-state index is 0.00934. The molecule has 0 bridgehead atoms. The van der Waals surface area contributed by atoms with Crippen LogP contribution < -0.4 is 4.74 Å². The summed E-state index contributed by atoms with van der Waals surface area (Å²) in [6.07, 6.45) is 0. The topological polar surface area (TPSA) is 46.5 Å². The lowest BCUT2D eigenvalue weighted by Gasteiger charge is -2.12. The maximum absolute atomic E-state index is 13.0. The predicted octanol–water partition coefficient (Wildman–Crippen LogP) is 2.53. The fourth-order valence-electron chi connectivity index (χ4n) is 0.979. The van der Waals surface area contributed by atoms with Crippen molar-refractivity contribution < 1.29 is 23.4 Å². The maximum Gasteiger partial charge on any atom is 0.379 e. The van der Waals surface area contributed by atoms with Crippen LogP contribution in [0.15, 0.2) is 18.2 Å². The van der Waals surface area contributed by atoms with Gasteiger partial charge in [-0.3, -0.25) is 0 Å². The van der Waals surface area contributed by atoms with E-state index in [-0.39, 0.29) is 10.8 Å². The van der Waals surface area contributed by atoms with Gasteiger partial charge >= 0.3 is 11.9 Å². The molecule has 0 radical (unpaired) electrons. The zero-order valence-corrected chi connectivity index (χ0v) is 8.39. The van der Waals surface area contributed by atoms with Gasteiger partial charge in [0.1, 0.15) is 5.75 Å². The average molecular weight is 237 g/mol. The molecule has 0 atom stereocenters. The molecule has 0 unspecified atom stereocenters. The zero-order valence-electron chi connectivity index (χ0n) is 7.63. The smallest absolute Gasteiger partial charge is 0.379 e. The Balaban J connectivity index is 3.22. The Morgan fingerprint density at radius 2 is 2.13 bits per heavy atom. The number of hydrogen-bond acceptors (Lipinski definition) is 2. The lowest BCUT2D eigenvalue weighted by molar-refractivity contribution is -0.166. The van der Waals surface area contributed by atoms with Gasteiger partial charge in [-0.15, -0.1) is 0 Å². The highest BCUT2D eigenvalue weighted by atomic mass is 35.5. The van der Waals surface area contributed by atoms with Crippen molar-refractivity contribution in [3.8, 4) is 5.75 Å². The quantitative estimate of drug-likeness (QED) is 0.877. The van der Waals surface area contributed by atoms with E-state index in [0.717, 1.165) is 18.2 Å². The lowest BCUT2D eigenvalue weighted by atomic mass is 10.1. The molecule has 1 N–H and O–H groups in total. The van der Waals surface area contributed by atoms with Crippen molar-refractivity contribution in [2.75, 3.05) is 7.11 Å². The van der Waals surface area contributed by atoms with Crippen molar-refractivity contribution >= 4 is 17.6 Å². The van der Waals surface area contributed by atoms with E-state index >= 15 is 0 Å². The molecule has 0 saturated heterocycles. The first-order valence-electron chi connectivity index (χ1n) is 3.85. The summed E-state index contributed by atoms with van der Waals surface area (Å²) in [5, 5.41) is 8.44. The van der Waals surface area contributed by atoms with Crippen LogP contribution in [0.1, 0.15) is 5.56 Å². The minimum Gasteiger partial charge on any atom is -0.495 e. The first-order valence-corrected chi connectivity index (χ1v) is 4.22. The van der Waals surface area contributed by atoms with Crippen molar-refractivity contribution in [2.45, 2.75) is 5.92 Å². The summed E-state index contributed by atoms with van der Waals surface area (Å²) >= 11 is 5.61. The van der Waals surface area contributed by atoms with Crippen LogP contribution in [0, 0.1) is 0 Å². The number of rotatable bonds is 3. The standard InChI is InChI=1S/C9H7ClF2O3/c1-15-7-4-5(2-3-6(7)10)9(11,12)8(13)14/h2-4H,1H3,(H,13,14). The Bertz CT molecular complexity index is 393. The first kappa shape index (κ1) is 11.7. The van der Waals surface area contributed by atoms with E-state index in [1.54, 1.807) is 0 Å². The Kier molecular flexibility index (Phi) is 3.14. The van der Waals surface area contributed by atoms with Crippen molar-refractivity contribution in [2.24, 2.45) is 0 Å². The van der Waals surface area contributed by atoms with E-state index in [4.69, 9.17) is 21.4 Å². The van der Waals surface area contributed by atoms with Crippen molar-refractivity contribution in [1.29, 1.82) is 0 Å². The van der Waals surface area contributed by atoms with Crippen LogP contribution in [-0.2, 0) is 10.7 Å². The highest BCUT2D eigenvalue weighted by molar-refractivity contribution is 6.32. The summed E-state index contributed by atoms with van der Waals surface area (Å²) in [5.41, 5.74) is -0.670. The second-order valence-electron chi connectivity index (χ2n) is 2.73. The van der Waals surface area contributed by atoms with Gasteiger partial charge in [0.15, 0.2) is 0 Å². The molecule has 0 fully saturated rings. The van der Waals surface area contributed by atoms with E-state index < -0.39 is 17.5 Å². The molecule has 0 aliphatic carbocycles. The number of carboxylic acids is 1. The van der Waals surface area contributed by atoms with Gasteiger partial charge in [-0.2, -0.15) is 8.78 Å². The molecule has 6 heteroatoms. The largest absolute Gasteiger partial charge is 0.495 e. The van der Waals surface area contributed by atoms with Crippen LogP contribution >= 0.6 is 11.6 Å². The van der Waals surface area contributed by atoms with E-state index in [0.29, 0.717) is 0 Å². The van der Waals surface area contributed by atoms with Crippen LogP contribution in [0.2, 0.25) is 5.02 Å². The molecule has 0 saturated carbocycles. The zero-order chi connectivity index (χ0) is 11.6. The lowest BCUT2D eigenvalue weighted by Crippen LogP contribution is -2.25. The summed E-state index contributed by atoms with van der Waals surface area (Å²) < 4.78 is 30.8. The third-order valence-electron chi connectivity index (χ3n) is 1.78. The van der Waals surface area contributed by atoms with E-state index in [1.807, 2.05) is 0 Å². The molecule has 1 aromatic carbocycles. The van der Waals surface area contributed by atoms with Crippen LogP contribution in [0.5, 0.6) is 5.75 Å². The second-order valence-corrected chi connectivity index (χ2v) is 3.14. The maximum atomic E-state index is 13.0. The number of benzene rings is 1. The number of alkyl halides is 2. The van der Waals surface area contributed by atoms with Gasteiger partial charge in [-0.1, -0.05) is 17.7 Å². The average Bonchev–Trinajstić information content (AvgIpc) is 2.18. The molecular weight excluding hydrogens is 230 g/mol. The number of ether oxygens (including phenoxy) is 1. The molecule has 0 aliphatic rings. The minimum atomic E-state index is -3.95. The molecule has 82 valence electrons. The Hall–Kier alpha value is -1.36. The number of hydrogen-bond donors (Lipinski definition) is 1. The summed E-state index contributed by atoms with van der Waals surface area (Å²) in [7, 11) is 1.25. The molecular formula is C9H7ClF2O3. The van der Waals surface area contributed by atoms with Crippen molar-refractivity contribution in [1.82, 2.24) is 0 Å². The van der Waals surface area contributed by atoms with Gasteiger partial charge < -0.3 is 9.84 Å². The van der Waals surface area contributed by atoms with Crippen molar-refractivity contribution in [3.63, 3.8) is 0 Å². The Labute approximate surface area is 89.2 Å². The Morgan fingerprint density at radius 1 is 1.53 bits per heavy atom. The second kappa shape index (κ2) is 4.02. The fourth-order valence-corrected chi connectivity index (χ4v) is 1.17. The number of methoxy groups -OCH3 is 1. The van der Waals surface area contributed by atoms with E-state index in [2.05, 4.69) is 0 Å². The highest BCUT2D eigenvalue weighted by Gasteiger charge is 2.41.